The van der Waals surface area contributed by atoms with Crippen LogP contribution in [0.15, 0.2) is 16.6 Å². The van der Waals surface area contributed by atoms with Crippen molar-refractivity contribution in [2.24, 2.45) is 5.41 Å². The Labute approximate surface area is 123 Å². The summed E-state index contributed by atoms with van der Waals surface area (Å²) in [6, 6.07) is 4.65. The fraction of sp³-hybridized carbons (Fsp3) is 0.357. The highest BCUT2D eigenvalue weighted by Gasteiger charge is 2.48. The first-order valence-corrected chi connectivity index (χ1v) is 6.99. The second-order valence-corrected chi connectivity index (χ2v) is 6.19. The van der Waals surface area contributed by atoms with E-state index in [1.165, 1.54) is 17.0 Å². The van der Waals surface area contributed by atoms with Crippen LogP contribution in [0, 0.1) is 22.6 Å². The summed E-state index contributed by atoms with van der Waals surface area (Å²) in [7, 11) is 0. The minimum absolute atomic E-state index is 0.164. The van der Waals surface area contributed by atoms with Crippen molar-refractivity contribution in [3.8, 4) is 6.07 Å². The van der Waals surface area contributed by atoms with Crippen LogP contribution in [0.4, 0.5) is 10.1 Å². The van der Waals surface area contributed by atoms with Gasteiger partial charge in [-0.1, -0.05) is 0 Å². The highest BCUT2D eigenvalue weighted by atomic mass is 79.9. The first-order chi connectivity index (χ1) is 9.47. The van der Waals surface area contributed by atoms with Crippen molar-refractivity contribution < 1.29 is 14.0 Å². The maximum atomic E-state index is 13.6. The summed E-state index contributed by atoms with van der Waals surface area (Å²) < 4.78 is 13.8. The molecule has 20 heavy (non-hydrogen) atoms. The third-order valence-corrected chi connectivity index (χ3v) is 4.53. The second kappa shape index (κ2) is 4.38. The molecule has 0 atom stereocenters. The summed E-state index contributed by atoms with van der Waals surface area (Å²) in [5, 5.41) is 8.82. The van der Waals surface area contributed by atoms with Gasteiger partial charge in [-0.15, -0.1) is 0 Å². The second-order valence-electron chi connectivity index (χ2n) is 5.34. The van der Waals surface area contributed by atoms with E-state index in [-0.39, 0.29) is 15.5 Å². The number of halogens is 2. The van der Waals surface area contributed by atoms with E-state index in [0.717, 1.165) is 12.8 Å². The number of hydrogen-bond donors (Lipinski definition) is 0. The Morgan fingerprint density at radius 3 is 2.70 bits per heavy atom. The van der Waals surface area contributed by atoms with Gasteiger partial charge in [0.1, 0.15) is 5.82 Å². The Morgan fingerprint density at radius 1 is 1.40 bits per heavy atom. The standard InChI is InChI=1S/C14H10BrFN2O2/c15-9-5-8-11(6-10(9)16)18(13(20)12(8)19)7-14(1-2-14)3-4-17/h5-6H,1-3,7H2. The minimum Gasteiger partial charge on any atom is -0.304 e. The molecule has 102 valence electrons. The van der Waals surface area contributed by atoms with E-state index in [2.05, 4.69) is 22.0 Å². The molecule has 1 saturated carbocycles. The van der Waals surface area contributed by atoms with Gasteiger partial charge in [-0.3, -0.25) is 9.59 Å². The average molecular weight is 337 g/mol. The van der Waals surface area contributed by atoms with Crippen LogP contribution in [0.1, 0.15) is 29.6 Å². The predicted molar refractivity (Wildman–Crippen MR) is 72.7 cm³/mol. The van der Waals surface area contributed by atoms with Gasteiger partial charge in [0, 0.05) is 18.4 Å². The van der Waals surface area contributed by atoms with Crippen molar-refractivity contribution in [3.63, 3.8) is 0 Å². The Morgan fingerprint density at radius 2 is 2.10 bits per heavy atom. The van der Waals surface area contributed by atoms with E-state index in [1.807, 2.05) is 0 Å². The first kappa shape index (κ1) is 13.3. The van der Waals surface area contributed by atoms with E-state index in [0.29, 0.717) is 18.7 Å². The van der Waals surface area contributed by atoms with E-state index >= 15 is 0 Å². The van der Waals surface area contributed by atoms with Crippen LogP contribution < -0.4 is 4.90 Å². The van der Waals surface area contributed by atoms with Gasteiger partial charge in [0.25, 0.3) is 11.7 Å². The Hall–Kier alpha value is -1.74. The highest BCUT2D eigenvalue weighted by molar-refractivity contribution is 9.10. The summed E-state index contributed by atoms with van der Waals surface area (Å²) in [6.45, 7) is 0.305. The summed E-state index contributed by atoms with van der Waals surface area (Å²) in [5.41, 5.74) is 0.302. The highest BCUT2D eigenvalue weighted by Crippen LogP contribution is 2.50. The van der Waals surface area contributed by atoms with Crippen LogP contribution in [-0.2, 0) is 4.79 Å². The van der Waals surface area contributed by atoms with Crippen molar-refractivity contribution >= 4 is 33.3 Å². The molecular weight excluding hydrogens is 327 g/mol. The number of ketones is 1. The van der Waals surface area contributed by atoms with Gasteiger partial charge < -0.3 is 4.90 Å². The monoisotopic (exact) mass is 336 g/mol. The van der Waals surface area contributed by atoms with Gasteiger partial charge in [-0.05, 0) is 40.9 Å². The number of amides is 1. The predicted octanol–water partition coefficient (Wildman–Crippen LogP) is 2.81. The molecule has 0 saturated heterocycles. The summed E-state index contributed by atoms with van der Waals surface area (Å²) >= 11 is 3.01. The number of carbonyl (C=O) groups is 2. The zero-order valence-corrected chi connectivity index (χ0v) is 12.0. The van der Waals surface area contributed by atoms with Crippen molar-refractivity contribution in [2.45, 2.75) is 19.3 Å². The van der Waals surface area contributed by atoms with Crippen LogP contribution in [0.5, 0.6) is 0 Å². The Balaban J connectivity index is 1.99. The molecule has 0 unspecified atom stereocenters. The van der Waals surface area contributed by atoms with Gasteiger partial charge in [-0.25, -0.2) is 4.39 Å². The molecule has 1 aromatic rings. The molecule has 3 rings (SSSR count). The number of carbonyl (C=O) groups excluding carboxylic acids is 2. The van der Waals surface area contributed by atoms with E-state index in [1.54, 1.807) is 0 Å². The molecule has 2 aliphatic rings. The summed E-state index contributed by atoms with van der Waals surface area (Å²) in [4.78, 5) is 25.3. The maximum Gasteiger partial charge on any atom is 0.299 e. The molecule has 1 aromatic carbocycles. The van der Waals surface area contributed by atoms with Gasteiger partial charge in [0.15, 0.2) is 0 Å². The quantitative estimate of drug-likeness (QED) is 0.797. The number of hydrogen-bond acceptors (Lipinski definition) is 3. The molecule has 1 aliphatic carbocycles. The summed E-state index contributed by atoms with van der Waals surface area (Å²) in [5.74, 6) is -1.77. The van der Waals surface area contributed by atoms with Crippen LogP contribution >= 0.6 is 15.9 Å². The molecule has 0 spiro atoms. The molecule has 0 bridgehead atoms. The first-order valence-electron chi connectivity index (χ1n) is 6.20. The smallest absolute Gasteiger partial charge is 0.299 e. The van der Waals surface area contributed by atoms with Crippen molar-refractivity contribution in [2.75, 3.05) is 11.4 Å². The minimum atomic E-state index is -0.637. The number of benzene rings is 1. The van der Waals surface area contributed by atoms with Crippen molar-refractivity contribution in [1.29, 1.82) is 5.26 Å². The molecule has 6 heteroatoms. The lowest BCUT2D eigenvalue weighted by Crippen LogP contribution is -2.35. The normalized spacial score (nSPS) is 18.9. The lowest BCUT2D eigenvalue weighted by molar-refractivity contribution is -0.114. The van der Waals surface area contributed by atoms with E-state index in [9.17, 15) is 14.0 Å². The molecule has 0 aromatic heterocycles. The molecule has 4 nitrogen and oxygen atoms in total. The molecule has 1 heterocycles. The lowest BCUT2D eigenvalue weighted by atomic mass is 10.0. The number of nitriles is 1. The fourth-order valence-corrected chi connectivity index (χ4v) is 2.86. The average Bonchev–Trinajstić information content (AvgIpc) is 3.13. The van der Waals surface area contributed by atoms with Gasteiger partial charge in [-0.2, -0.15) is 5.26 Å². The fourth-order valence-electron chi connectivity index (χ4n) is 2.52. The van der Waals surface area contributed by atoms with Crippen LogP contribution in [0.2, 0.25) is 0 Å². The summed E-state index contributed by atoms with van der Waals surface area (Å²) in [6.07, 6.45) is 2.05. The van der Waals surface area contributed by atoms with Crippen molar-refractivity contribution in [3.05, 3.63) is 28.0 Å². The molecular formula is C14H10BrFN2O2. The zero-order valence-electron chi connectivity index (χ0n) is 10.4. The van der Waals surface area contributed by atoms with Crippen LogP contribution in [0.25, 0.3) is 0 Å². The van der Waals surface area contributed by atoms with Crippen LogP contribution in [0.3, 0.4) is 0 Å². The molecule has 1 aliphatic heterocycles. The number of rotatable bonds is 3. The Bertz CT molecular complexity index is 676. The van der Waals surface area contributed by atoms with Gasteiger partial charge >= 0.3 is 0 Å². The largest absolute Gasteiger partial charge is 0.304 e. The van der Waals surface area contributed by atoms with Crippen molar-refractivity contribution in [1.82, 2.24) is 0 Å². The SMILES string of the molecule is N#CCC1(CN2C(=O)C(=O)c3cc(Br)c(F)cc32)CC1. The Kier molecular flexibility index (Phi) is 2.91. The molecule has 0 N–H and O–H groups in total. The zero-order chi connectivity index (χ0) is 14.5. The number of fused-ring (bicyclic) bond motifs is 1. The molecule has 1 amide bonds. The van der Waals surface area contributed by atoms with Crippen LogP contribution in [-0.4, -0.2) is 18.2 Å². The number of anilines is 1. The van der Waals surface area contributed by atoms with E-state index < -0.39 is 17.5 Å². The topological polar surface area (TPSA) is 61.2 Å². The van der Waals surface area contributed by atoms with Gasteiger partial charge in [0.05, 0.1) is 21.8 Å². The lowest BCUT2D eigenvalue weighted by Gasteiger charge is -2.21. The van der Waals surface area contributed by atoms with Gasteiger partial charge in [0.2, 0.25) is 0 Å². The third kappa shape index (κ3) is 1.93. The maximum absolute atomic E-state index is 13.6. The molecule has 1 fully saturated rings. The third-order valence-electron chi connectivity index (χ3n) is 3.92. The number of Topliss-reactive ketones (excluding diaryl/α,β-unsaturated/α-hetero) is 1. The molecule has 0 radical (unpaired) electrons. The number of nitrogens with zero attached hydrogens (tertiary/aromatic N) is 2. The van der Waals surface area contributed by atoms with E-state index in [4.69, 9.17) is 5.26 Å².